The normalized spacial score (nSPS) is 19.8. The monoisotopic (exact) mass is 434 g/mol. The lowest BCUT2D eigenvalue weighted by atomic mass is 9.78. The van der Waals surface area contributed by atoms with Crippen molar-refractivity contribution in [2.75, 3.05) is 26.2 Å². The van der Waals surface area contributed by atoms with E-state index < -0.39 is 10.0 Å². The number of hydrogen-bond acceptors (Lipinski definition) is 6. The fraction of sp³-hybridized carbons (Fsp3) is 0.550. The summed E-state index contributed by atoms with van der Waals surface area (Å²) in [5.41, 5.74) is 2.41. The maximum atomic E-state index is 13.2. The van der Waals surface area contributed by atoms with Crippen LogP contribution in [0.25, 0.3) is 0 Å². The van der Waals surface area contributed by atoms with Crippen LogP contribution in [0.5, 0.6) is 0 Å². The molecule has 0 N–H and O–H groups in total. The number of benzene rings is 1. The van der Waals surface area contributed by atoms with Gasteiger partial charge >= 0.3 is 0 Å². The largest absolute Gasteiger partial charge is 0.337 e. The van der Waals surface area contributed by atoms with Gasteiger partial charge in [0.1, 0.15) is 4.88 Å². The van der Waals surface area contributed by atoms with Gasteiger partial charge in [0.2, 0.25) is 10.0 Å². The highest BCUT2D eigenvalue weighted by atomic mass is 32.2. The summed E-state index contributed by atoms with van der Waals surface area (Å²) in [7, 11) is -3.49. The molecule has 0 aliphatic carbocycles. The van der Waals surface area contributed by atoms with E-state index in [1.54, 1.807) is 17.3 Å². The van der Waals surface area contributed by atoms with E-state index in [-0.39, 0.29) is 11.3 Å². The molecule has 7 nitrogen and oxygen atoms in total. The number of aromatic nitrogens is 2. The fourth-order valence-corrected chi connectivity index (χ4v) is 6.79. The van der Waals surface area contributed by atoms with E-state index >= 15 is 0 Å². The third-order valence-corrected chi connectivity index (χ3v) is 9.17. The number of sulfonamides is 1. The molecular weight excluding hydrogens is 408 g/mol. The Morgan fingerprint density at radius 1 is 1.10 bits per heavy atom. The zero-order valence-corrected chi connectivity index (χ0v) is 18.6. The number of nitrogens with zero attached hydrogens (tertiary/aromatic N) is 4. The average Bonchev–Trinajstić information content (AvgIpc) is 3.30. The number of hydrogen-bond donors (Lipinski definition) is 0. The quantitative estimate of drug-likeness (QED) is 0.742. The van der Waals surface area contributed by atoms with Gasteiger partial charge in [0.05, 0.1) is 10.6 Å². The minimum atomic E-state index is -3.49. The van der Waals surface area contributed by atoms with Gasteiger partial charge in [-0.25, -0.2) is 8.42 Å². The van der Waals surface area contributed by atoms with Gasteiger partial charge in [-0.15, -0.1) is 5.10 Å². The topological polar surface area (TPSA) is 83.5 Å². The maximum Gasteiger partial charge on any atom is 0.267 e. The summed E-state index contributed by atoms with van der Waals surface area (Å²) in [5, 5.41) is 3.94. The second-order valence-electron chi connectivity index (χ2n) is 8.34. The van der Waals surface area contributed by atoms with Gasteiger partial charge in [-0.2, -0.15) is 4.31 Å². The van der Waals surface area contributed by atoms with Crippen LogP contribution in [0.4, 0.5) is 0 Å². The third-order valence-electron chi connectivity index (χ3n) is 6.32. The molecule has 9 heteroatoms. The fourth-order valence-electron chi connectivity index (χ4n) is 4.41. The SMILES string of the molecule is Cc1ccc(C)c(S(=O)(=O)N2CCC3(CCN(C(=O)c4snnc4C)C3)CC2)c1. The van der Waals surface area contributed by atoms with Crippen LogP contribution in [0, 0.1) is 26.2 Å². The van der Waals surface area contributed by atoms with Gasteiger partial charge in [0.15, 0.2) is 0 Å². The van der Waals surface area contributed by atoms with Crippen molar-refractivity contribution in [3.8, 4) is 0 Å². The molecule has 156 valence electrons. The Labute approximate surface area is 175 Å². The van der Waals surface area contributed by atoms with Gasteiger partial charge in [0.25, 0.3) is 5.91 Å². The number of carbonyl (C=O) groups excluding carboxylic acids is 1. The molecule has 0 atom stereocenters. The van der Waals surface area contributed by atoms with Crippen LogP contribution in [-0.2, 0) is 10.0 Å². The molecule has 29 heavy (non-hydrogen) atoms. The van der Waals surface area contributed by atoms with Crippen molar-refractivity contribution in [1.82, 2.24) is 18.8 Å². The molecular formula is C20H26N4O3S2. The van der Waals surface area contributed by atoms with Crippen LogP contribution < -0.4 is 0 Å². The zero-order chi connectivity index (χ0) is 20.8. The van der Waals surface area contributed by atoms with Gasteiger partial charge < -0.3 is 4.90 Å². The predicted molar refractivity (Wildman–Crippen MR) is 112 cm³/mol. The molecule has 2 aromatic rings. The van der Waals surface area contributed by atoms with Crippen LogP contribution in [0.2, 0.25) is 0 Å². The first-order valence-corrected chi connectivity index (χ1v) is 12.1. The average molecular weight is 435 g/mol. The lowest BCUT2D eigenvalue weighted by Crippen LogP contribution is -2.44. The number of rotatable bonds is 3. The summed E-state index contributed by atoms with van der Waals surface area (Å²) in [4.78, 5) is 15.7. The van der Waals surface area contributed by atoms with Crippen LogP contribution in [0.3, 0.4) is 0 Å². The Morgan fingerprint density at radius 2 is 1.79 bits per heavy atom. The van der Waals surface area contributed by atoms with Gasteiger partial charge in [-0.1, -0.05) is 16.6 Å². The lowest BCUT2D eigenvalue weighted by Gasteiger charge is -2.38. The number of piperidine rings is 1. The van der Waals surface area contributed by atoms with Crippen LogP contribution >= 0.6 is 11.5 Å². The first-order chi connectivity index (χ1) is 13.7. The number of amides is 1. The van der Waals surface area contributed by atoms with Crippen molar-refractivity contribution in [2.24, 2.45) is 5.41 Å². The van der Waals surface area contributed by atoms with Crippen molar-refractivity contribution in [3.63, 3.8) is 0 Å². The standard InChI is InChI=1S/C20H26N4O3S2/c1-14-4-5-15(2)17(12-14)29(26,27)24-10-7-20(8-11-24)6-9-23(13-20)19(25)18-16(3)21-22-28-18/h4-5,12H,6-11,13H2,1-3H3. The Bertz CT molecular complexity index is 1040. The molecule has 2 saturated heterocycles. The molecule has 2 aliphatic rings. The molecule has 0 unspecified atom stereocenters. The molecule has 1 amide bonds. The van der Waals surface area contributed by atoms with E-state index in [9.17, 15) is 13.2 Å². The molecule has 1 aromatic carbocycles. The van der Waals surface area contributed by atoms with Crippen molar-refractivity contribution < 1.29 is 13.2 Å². The predicted octanol–water partition coefficient (Wildman–Crippen LogP) is 2.78. The highest BCUT2D eigenvalue weighted by Gasteiger charge is 2.44. The van der Waals surface area contributed by atoms with Gasteiger partial charge in [-0.3, -0.25) is 4.79 Å². The Morgan fingerprint density at radius 3 is 2.45 bits per heavy atom. The Kier molecular flexibility index (Phi) is 5.25. The van der Waals surface area contributed by atoms with E-state index in [0.717, 1.165) is 41.9 Å². The Balaban J connectivity index is 1.45. The van der Waals surface area contributed by atoms with Crippen LogP contribution in [0.15, 0.2) is 23.1 Å². The summed E-state index contributed by atoms with van der Waals surface area (Å²) in [6.07, 6.45) is 2.48. The maximum absolute atomic E-state index is 13.2. The van der Waals surface area contributed by atoms with E-state index in [1.165, 1.54) is 0 Å². The smallest absolute Gasteiger partial charge is 0.267 e. The summed E-state index contributed by atoms with van der Waals surface area (Å²) in [6, 6.07) is 5.56. The highest BCUT2D eigenvalue weighted by Crippen LogP contribution is 2.42. The van der Waals surface area contributed by atoms with Crippen molar-refractivity contribution in [1.29, 1.82) is 0 Å². The molecule has 4 rings (SSSR count). The van der Waals surface area contributed by atoms with E-state index in [2.05, 4.69) is 9.59 Å². The number of likely N-dealkylation sites (tertiary alicyclic amines) is 1. The summed E-state index contributed by atoms with van der Waals surface area (Å²) in [5.74, 6) is -0.000174. The van der Waals surface area contributed by atoms with E-state index in [0.29, 0.717) is 41.6 Å². The molecule has 2 fully saturated rings. The minimum Gasteiger partial charge on any atom is -0.337 e. The molecule has 1 aromatic heterocycles. The first-order valence-electron chi connectivity index (χ1n) is 9.88. The zero-order valence-electron chi connectivity index (χ0n) is 17.0. The highest BCUT2D eigenvalue weighted by molar-refractivity contribution is 7.89. The van der Waals surface area contributed by atoms with Crippen LogP contribution in [0.1, 0.15) is 45.8 Å². The summed E-state index contributed by atoms with van der Waals surface area (Å²) in [6.45, 7) is 7.94. The van der Waals surface area contributed by atoms with Crippen LogP contribution in [-0.4, -0.2) is 59.3 Å². The summed E-state index contributed by atoms with van der Waals surface area (Å²) >= 11 is 1.14. The lowest BCUT2D eigenvalue weighted by molar-refractivity contribution is 0.0754. The summed E-state index contributed by atoms with van der Waals surface area (Å²) < 4.78 is 31.8. The second kappa shape index (κ2) is 7.45. The second-order valence-corrected chi connectivity index (χ2v) is 11.0. The van der Waals surface area contributed by atoms with Crippen molar-refractivity contribution >= 4 is 27.5 Å². The van der Waals surface area contributed by atoms with Gasteiger partial charge in [-0.05, 0) is 74.2 Å². The van der Waals surface area contributed by atoms with Gasteiger partial charge in [0, 0.05) is 26.2 Å². The minimum absolute atomic E-state index is 0.000174. The number of aryl methyl sites for hydroxylation is 3. The number of carbonyl (C=O) groups is 1. The molecule has 2 aliphatic heterocycles. The van der Waals surface area contributed by atoms with Crippen molar-refractivity contribution in [3.05, 3.63) is 39.9 Å². The molecule has 3 heterocycles. The van der Waals surface area contributed by atoms with E-state index in [4.69, 9.17) is 0 Å². The molecule has 0 saturated carbocycles. The molecule has 0 bridgehead atoms. The molecule has 0 radical (unpaired) electrons. The van der Waals surface area contributed by atoms with Crippen molar-refractivity contribution in [2.45, 2.75) is 44.9 Å². The first kappa shape index (κ1) is 20.4. The Hall–Kier alpha value is -1.84. The molecule has 1 spiro atoms. The van der Waals surface area contributed by atoms with E-state index in [1.807, 2.05) is 30.9 Å². The third kappa shape index (κ3) is 3.71.